The Kier molecular flexibility index (Phi) is 6.97. The first-order chi connectivity index (χ1) is 13.5. The van der Waals surface area contributed by atoms with Crippen molar-refractivity contribution in [2.75, 3.05) is 26.2 Å². The number of benzene rings is 2. The molecule has 0 saturated carbocycles. The zero-order chi connectivity index (χ0) is 20.1. The van der Waals surface area contributed by atoms with Crippen molar-refractivity contribution < 1.29 is 14.0 Å². The summed E-state index contributed by atoms with van der Waals surface area (Å²) in [5.74, 6) is -0.828. The molecule has 2 amide bonds. The first kappa shape index (κ1) is 20.7. The van der Waals surface area contributed by atoms with E-state index in [4.69, 9.17) is 11.6 Å². The predicted octanol–water partition coefficient (Wildman–Crippen LogP) is 4.33. The average Bonchev–Trinajstić information content (AvgIpc) is 2.95. The van der Waals surface area contributed by atoms with Crippen LogP contribution in [0.5, 0.6) is 0 Å². The average molecular weight is 421 g/mol. The summed E-state index contributed by atoms with van der Waals surface area (Å²) < 4.78 is 13.9. The molecule has 2 aromatic carbocycles. The van der Waals surface area contributed by atoms with E-state index >= 15 is 0 Å². The Labute approximate surface area is 173 Å². The molecule has 1 heterocycles. The number of halogens is 2. The van der Waals surface area contributed by atoms with Crippen LogP contribution in [0.1, 0.15) is 23.7 Å². The molecule has 0 N–H and O–H groups in total. The van der Waals surface area contributed by atoms with E-state index in [2.05, 4.69) is 0 Å². The number of thioether (sulfide) groups is 1. The minimum Gasteiger partial charge on any atom is -0.340 e. The summed E-state index contributed by atoms with van der Waals surface area (Å²) >= 11 is 7.62. The van der Waals surface area contributed by atoms with E-state index in [1.54, 1.807) is 28.0 Å². The zero-order valence-corrected chi connectivity index (χ0v) is 17.2. The lowest BCUT2D eigenvalue weighted by Crippen LogP contribution is -2.40. The number of amides is 2. The van der Waals surface area contributed by atoms with Gasteiger partial charge in [-0.05, 0) is 37.6 Å². The van der Waals surface area contributed by atoms with Crippen LogP contribution >= 0.6 is 23.4 Å². The maximum Gasteiger partial charge on any atom is 0.256 e. The molecule has 1 unspecified atom stereocenters. The van der Waals surface area contributed by atoms with Gasteiger partial charge in [-0.15, -0.1) is 11.8 Å². The van der Waals surface area contributed by atoms with Gasteiger partial charge in [0.2, 0.25) is 5.91 Å². The Morgan fingerprint density at radius 3 is 2.39 bits per heavy atom. The molecule has 1 fully saturated rings. The largest absolute Gasteiger partial charge is 0.340 e. The van der Waals surface area contributed by atoms with E-state index < -0.39 is 5.82 Å². The topological polar surface area (TPSA) is 40.6 Å². The Morgan fingerprint density at radius 1 is 1.00 bits per heavy atom. The van der Waals surface area contributed by atoms with Crippen molar-refractivity contribution in [2.24, 2.45) is 0 Å². The summed E-state index contributed by atoms with van der Waals surface area (Å²) in [5.41, 5.74) is 0.0740. The summed E-state index contributed by atoms with van der Waals surface area (Å²) in [6, 6.07) is 13.4. The molecular weight excluding hydrogens is 399 g/mol. The van der Waals surface area contributed by atoms with Crippen molar-refractivity contribution in [3.63, 3.8) is 0 Å². The van der Waals surface area contributed by atoms with E-state index in [1.165, 1.54) is 23.9 Å². The van der Waals surface area contributed by atoms with Gasteiger partial charge in [-0.3, -0.25) is 9.59 Å². The van der Waals surface area contributed by atoms with E-state index in [-0.39, 0.29) is 22.6 Å². The van der Waals surface area contributed by atoms with Gasteiger partial charge in [-0.2, -0.15) is 0 Å². The van der Waals surface area contributed by atoms with E-state index in [0.717, 1.165) is 4.90 Å². The molecule has 3 rings (SSSR count). The van der Waals surface area contributed by atoms with Crippen LogP contribution in [0, 0.1) is 5.82 Å². The van der Waals surface area contributed by atoms with Crippen LogP contribution in [0.3, 0.4) is 0 Å². The van der Waals surface area contributed by atoms with E-state index in [1.807, 2.05) is 25.1 Å². The summed E-state index contributed by atoms with van der Waals surface area (Å²) in [6.45, 7) is 3.77. The van der Waals surface area contributed by atoms with Crippen LogP contribution < -0.4 is 0 Å². The van der Waals surface area contributed by atoms with Gasteiger partial charge in [0.25, 0.3) is 5.91 Å². The lowest BCUT2D eigenvalue weighted by Gasteiger charge is -2.25. The molecule has 4 nitrogen and oxygen atoms in total. The maximum absolute atomic E-state index is 13.9. The van der Waals surface area contributed by atoms with Gasteiger partial charge in [0, 0.05) is 31.1 Å². The fourth-order valence-electron chi connectivity index (χ4n) is 3.18. The summed E-state index contributed by atoms with van der Waals surface area (Å²) in [7, 11) is 0. The standard InChI is InChI=1S/C21H22ClFN2O2S/c1-15(28-19-10-5-3-8-17(19)22)20(26)24-11-6-12-25(14-13-24)21(27)16-7-2-4-9-18(16)23/h2-5,7-10,15H,6,11-14H2,1H3. The fraction of sp³-hybridized carbons (Fsp3) is 0.333. The Hall–Kier alpha value is -2.05. The highest BCUT2D eigenvalue weighted by molar-refractivity contribution is 8.00. The molecule has 0 aromatic heterocycles. The molecule has 1 aliphatic rings. The molecule has 1 saturated heterocycles. The van der Waals surface area contributed by atoms with Crippen LogP contribution in [0.15, 0.2) is 53.4 Å². The third kappa shape index (κ3) is 4.86. The van der Waals surface area contributed by atoms with Gasteiger partial charge < -0.3 is 9.80 Å². The van der Waals surface area contributed by atoms with Crippen molar-refractivity contribution in [2.45, 2.75) is 23.5 Å². The molecule has 1 aliphatic heterocycles. The Morgan fingerprint density at radius 2 is 1.64 bits per heavy atom. The molecule has 148 valence electrons. The van der Waals surface area contributed by atoms with Crippen LogP contribution in [-0.4, -0.2) is 53.0 Å². The highest BCUT2D eigenvalue weighted by Gasteiger charge is 2.27. The summed E-state index contributed by atoms with van der Waals surface area (Å²) in [4.78, 5) is 29.8. The number of carbonyl (C=O) groups is 2. The summed E-state index contributed by atoms with van der Waals surface area (Å²) in [6.07, 6.45) is 0.662. The van der Waals surface area contributed by atoms with Gasteiger partial charge in [-0.25, -0.2) is 4.39 Å². The van der Waals surface area contributed by atoms with Crippen molar-refractivity contribution in [1.82, 2.24) is 9.80 Å². The molecule has 0 aliphatic carbocycles. The lowest BCUT2D eigenvalue weighted by atomic mass is 10.2. The predicted molar refractivity (Wildman–Crippen MR) is 110 cm³/mol. The van der Waals surface area contributed by atoms with Crippen LogP contribution in [-0.2, 0) is 4.79 Å². The fourth-order valence-corrected chi connectivity index (χ4v) is 4.42. The third-order valence-electron chi connectivity index (χ3n) is 4.69. The second kappa shape index (κ2) is 9.43. The SMILES string of the molecule is CC(Sc1ccccc1Cl)C(=O)N1CCCN(C(=O)c2ccccc2F)CC1. The molecule has 0 bridgehead atoms. The molecule has 0 spiro atoms. The maximum atomic E-state index is 13.9. The summed E-state index contributed by atoms with van der Waals surface area (Å²) in [5, 5.41) is 0.346. The number of rotatable bonds is 4. The first-order valence-electron chi connectivity index (χ1n) is 9.21. The van der Waals surface area contributed by atoms with Crippen LogP contribution in [0.2, 0.25) is 5.02 Å². The van der Waals surface area contributed by atoms with Crippen molar-refractivity contribution in [3.05, 3.63) is 64.9 Å². The highest BCUT2D eigenvalue weighted by Crippen LogP contribution is 2.31. The third-order valence-corrected chi connectivity index (χ3v) is 6.29. The normalized spacial score (nSPS) is 15.8. The Balaban J connectivity index is 1.61. The highest BCUT2D eigenvalue weighted by atomic mass is 35.5. The van der Waals surface area contributed by atoms with E-state index in [9.17, 15) is 14.0 Å². The Bertz CT molecular complexity index is 864. The number of nitrogens with zero attached hydrogens (tertiary/aromatic N) is 2. The smallest absolute Gasteiger partial charge is 0.256 e. The van der Waals surface area contributed by atoms with Crippen molar-refractivity contribution >= 4 is 35.2 Å². The molecule has 0 radical (unpaired) electrons. The number of hydrogen-bond acceptors (Lipinski definition) is 3. The number of carbonyl (C=O) groups excluding carboxylic acids is 2. The minimum atomic E-state index is -0.519. The monoisotopic (exact) mass is 420 g/mol. The molecular formula is C21H22ClFN2O2S. The first-order valence-corrected chi connectivity index (χ1v) is 10.5. The van der Waals surface area contributed by atoms with Gasteiger partial charge in [0.15, 0.2) is 0 Å². The second-order valence-electron chi connectivity index (χ2n) is 6.64. The van der Waals surface area contributed by atoms with Crippen LogP contribution in [0.4, 0.5) is 4.39 Å². The van der Waals surface area contributed by atoms with Gasteiger partial charge >= 0.3 is 0 Å². The second-order valence-corrected chi connectivity index (χ2v) is 8.43. The van der Waals surface area contributed by atoms with Crippen molar-refractivity contribution in [3.8, 4) is 0 Å². The molecule has 28 heavy (non-hydrogen) atoms. The van der Waals surface area contributed by atoms with Crippen molar-refractivity contribution in [1.29, 1.82) is 0 Å². The van der Waals surface area contributed by atoms with Gasteiger partial charge in [-0.1, -0.05) is 35.9 Å². The minimum absolute atomic E-state index is 0.0186. The van der Waals surface area contributed by atoms with Gasteiger partial charge in [0.05, 0.1) is 15.8 Å². The number of hydrogen-bond donors (Lipinski definition) is 0. The lowest BCUT2D eigenvalue weighted by molar-refractivity contribution is -0.130. The molecule has 1 atom stereocenters. The van der Waals surface area contributed by atoms with E-state index in [0.29, 0.717) is 37.6 Å². The zero-order valence-electron chi connectivity index (χ0n) is 15.6. The quantitative estimate of drug-likeness (QED) is 0.691. The molecule has 2 aromatic rings. The van der Waals surface area contributed by atoms with Gasteiger partial charge in [0.1, 0.15) is 5.82 Å². The van der Waals surface area contributed by atoms with Crippen LogP contribution in [0.25, 0.3) is 0 Å². The molecule has 7 heteroatoms.